The van der Waals surface area contributed by atoms with Gasteiger partial charge in [-0.1, -0.05) is 47.8 Å². The van der Waals surface area contributed by atoms with Crippen molar-refractivity contribution in [3.05, 3.63) is 45.3 Å². The van der Waals surface area contributed by atoms with Crippen LogP contribution in [0.3, 0.4) is 0 Å². The van der Waals surface area contributed by atoms with Gasteiger partial charge in [0.05, 0.1) is 15.7 Å². The molecule has 0 N–H and O–H groups in total. The predicted molar refractivity (Wildman–Crippen MR) is 71.9 cm³/mol. The lowest BCUT2D eigenvalue weighted by atomic mass is 10.1. The summed E-state index contributed by atoms with van der Waals surface area (Å²) in [5.41, 5.74) is 1.62. The van der Waals surface area contributed by atoms with Crippen LogP contribution in [0.2, 0.25) is 15.2 Å². The third-order valence-electron chi connectivity index (χ3n) is 2.27. The fourth-order valence-corrected chi connectivity index (χ4v) is 1.93. The first-order valence-corrected chi connectivity index (χ1v) is 6.22. The van der Waals surface area contributed by atoms with Crippen LogP contribution >= 0.6 is 34.8 Å². The second-order valence-corrected chi connectivity index (χ2v) is 4.68. The van der Waals surface area contributed by atoms with Gasteiger partial charge in [-0.2, -0.15) is 0 Å². The highest BCUT2D eigenvalue weighted by Crippen LogP contribution is 2.28. The Morgan fingerprint density at radius 1 is 1.00 bits per heavy atom. The average Bonchev–Trinajstić information content (AvgIpc) is 2.32. The molecular formula is C12H9Cl3N2. The van der Waals surface area contributed by atoms with Gasteiger partial charge in [-0.05, 0) is 12.1 Å². The molecule has 0 saturated heterocycles. The first-order chi connectivity index (χ1) is 8.10. The van der Waals surface area contributed by atoms with Gasteiger partial charge < -0.3 is 0 Å². The minimum Gasteiger partial charge on any atom is -0.233 e. The molecule has 0 fully saturated rings. The maximum absolute atomic E-state index is 5.97. The largest absolute Gasteiger partial charge is 0.233 e. The first kappa shape index (κ1) is 12.6. The number of aromatic nitrogens is 2. The predicted octanol–water partition coefficient (Wildman–Crippen LogP) is 4.67. The molecule has 0 aliphatic carbocycles. The van der Waals surface area contributed by atoms with E-state index in [9.17, 15) is 0 Å². The van der Waals surface area contributed by atoms with Crippen molar-refractivity contribution < 1.29 is 0 Å². The van der Waals surface area contributed by atoms with Crippen LogP contribution in [-0.4, -0.2) is 9.97 Å². The third kappa shape index (κ3) is 2.89. The molecule has 2 aromatic rings. The Balaban J connectivity index is 2.52. The highest BCUT2D eigenvalue weighted by molar-refractivity contribution is 6.42. The van der Waals surface area contributed by atoms with Crippen LogP contribution in [0.1, 0.15) is 12.7 Å². The zero-order valence-electron chi connectivity index (χ0n) is 9.04. The van der Waals surface area contributed by atoms with Crippen molar-refractivity contribution in [2.24, 2.45) is 0 Å². The van der Waals surface area contributed by atoms with Crippen LogP contribution in [0.4, 0.5) is 0 Å². The molecule has 1 aromatic heterocycles. The van der Waals surface area contributed by atoms with Crippen LogP contribution in [0, 0.1) is 0 Å². The molecule has 0 unspecified atom stereocenters. The third-order valence-corrected chi connectivity index (χ3v) is 3.21. The fraction of sp³-hybridized carbons (Fsp3) is 0.167. The van der Waals surface area contributed by atoms with E-state index in [2.05, 4.69) is 9.97 Å². The molecule has 2 rings (SSSR count). The lowest BCUT2D eigenvalue weighted by Gasteiger charge is -2.05. The number of hydrogen-bond acceptors (Lipinski definition) is 2. The Bertz CT molecular complexity index is 555. The molecule has 0 aliphatic rings. The molecule has 0 amide bonds. The Kier molecular flexibility index (Phi) is 3.87. The van der Waals surface area contributed by atoms with Crippen molar-refractivity contribution in [1.29, 1.82) is 0 Å². The van der Waals surface area contributed by atoms with E-state index in [0.29, 0.717) is 21.0 Å². The van der Waals surface area contributed by atoms with Gasteiger partial charge >= 0.3 is 0 Å². The zero-order valence-corrected chi connectivity index (χ0v) is 11.3. The van der Waals surface area contributed by atoms with Crippen LogP contribution in [0.25, 0.3) is 11.3 Å². The summed E-state index contributed by atoms with van der Waals surface area (Å²) in [6, 6.07) is 7.06. The van der Waals surface area contributed by atoms with E-state index in [0.717, 1.165) is 17.7 Å². The molecule has 0 spiro atoms. The summed E-state index contributed by atoms with van der Waals surface area (Å²) >= 11 is 17.8. The highest BCUT2D eigenvalue weighted by atomic mass is 35.5. The number of rotatable bonds is 2. The average molecular weight is 288 g/mol. The van der Waals surface area contributed by atoms with Crippen molar-refractivity contribution in [3.63, 3.8) is 0 Å². The summed E-state index contributed by atoms with van der Waals surface area (Å²) in [7, 11) is 0. The molecule has 17 heavy (non-hydrogen) atoms. The zero-order chi connectivity index (χ0) is 12.4. The normalized spacial score (nSPS) is 10.6. The van der Waals surface area contributed by atoms with Gasteiger partial charge in [0.2, 0.25) is 0 Å². The van der Waals surface area contributed by atoms with Crippen molar-refractivity contribution in [2.75, 3.05) is 0 Å². The smallest absolute Gasteiger partial charge is 0.133 e. The van der Waals surface area contributed by atoms with Gasteiger partial charge in [0.15, 0.2) is 0 Å². The summed E-state index contributed by atoms with van der Waals surface area (Å²) in [5.74, 6) is 0.707. The number of nitrogens with zero attached hydrogens (tertiary/aromatic N) is 2. The molecule has 1 aromatic carbocycles. The number of aryl methyl sites for hydroxylation is 1. The maximum atomic E-state index is 5.97. The van der Waals surface area contributed by atoms with Crippen LogP contribution < -0.4 is 0 Å². The maximum Gasteiger partial charge on any atom is 0.133 e. The van der Waals surface area contributed by atoms with E-state index < -0.39 is 0 Å². The molecule has 0 radical (unpaired) electrons. The molecule has 0 bridgehead atoms. The second-order valence-electron chi connectivity index (χ2n) is 3.47. The molecule has 0 aliphatic heterocycles. The quantitative estimate of drug-likeness (QED) is 0.750. The molecule has 1 heterocycles. The van der Waals surface area contributed by atoms with Crippen LogP contribution in [0.5, 0.6) is 0 Å². The summed E-state index contributed by atoms with van der Waals surface area (Å²) in [6.45, 7) is 1.98. The minimum absolute atomic E-state index is 0.429. The first-order valence-electron chi connectivity index (χ1n) is 5.09. The number of benzene rings is 1. The number of hydrogen-bond donors (Lipinski definition) is 0. The summed E-state index contributed by atoms with van der Waals surface area (Å²) in [4.78, 5) is 8.51. The molecule has 0 saturated carbocycles. The number of halogens is 3. The van der Waals surface area contributed by atoms with Crippen LogP contribution in [-0.2, 0) is 6.42 Å². The van der Waals surface area contributed by atoms with E-state index in [-0.39, 0.29) is 0 Å². The van der Waals surface area contributed by atoms with Crippen molar-refractivity contribution in [3.8, 4) is 11.3 Å². The lowest BCUT2D eigenvalue weighted by Crippen LogP contribution is -1.95. The highest BCUT2D eigenvalue weighted by Gasteiger charge is 2.06. The van der Waals surface area contributed by atoms with Gasteiger partial charge in [0.1, 0.15) is 11.0 Å². The molecule has 0 atom stereocenters. The molecule has 2 nitrogen and oxygen atoms in total. The second kappa shape index (κ2) is 5.21. The van der Waals surface area contributed by atoms with Crippen molar-refractivity contribution in [2.45, 2.75) is 13.3 Å². The topological polar surface area (TPSA) is 25.8 Å². The van der Waals surface area contributed by atoms with E-state index >= 15 is 0 Å². The van der Waals surface area contributed by atoms with E-state index in [1.54, 1.807) is 18.2 Å². The molecular weight excluding hydrogens is 279 g/mol. The van der Waals surface area contributed by atoms with E-state index in [1.807, 2.05) is 13.0 Å². The van der Waals surface area contributed by atoms with Gasteiger partial charge in [-0.3, -0.25) is 0 Å². The Morgan fingerprint density at radius 2 is 1.76 bits per heavy atom. The lowest BCUT2D eigenvalue weighted by molar-refractivity contribution is 0.943. The molecule has 88 valence electrons. The summed E-state index contributed by atoms with van der Waals surface area (Å²) in [6.07, 6.45) is 0.731. The minimum atomic E-state index is 0.429. The van der Waals surface area contributed by atoms with E-state index in [4.69, 9.17) is 34.8 Å². The SMILES string of the molecule is CCc1nc(Cl)cc(-c2ccc(Cl)c(Cl)c2)n1. The monoisotopic (exact) mass is 286 g/mol. The summed E-state index contributed by atoms with van der Waals surface area (Å²) in [5, 5.41) is 1.45. The Labute approximate surface area is 115 Å². The van der Waals surface area contributed by atoms with Gasteiger partial charge in [-0.15, -0.1) is 0 Å². The van der Waals surface area contributed by atoms with Crippen LogP contribution in [0.15, 0.2) is 24.3 Å². The standard InChI is InChI=1S/C12H9Cl3N2/c1-2-12-16-10(6-11(15)17-12)7-3-4-8(13)9(14)5-7/h3-6H,2H2,1H3. The van der Waals surface area contributed by atoms with E-state index in [1.165, 1.54) is 0 Å². The summed E-state index contributed by atoms with van der Waals surface area (Å²) < 4.78 is 0. The fourth-order valence-electron chi connectivity index (χ4n) is 1.43. The van der Waals surface area contributed by atoms with Crippen molar-refractivity contribution in [1.82, 2.24) is 9.97 Å². The Hall–Kier alpha value is -0.830. The van der Waals surface area contributed by atoms with Gasteiger partial charge in [-0.25, -0.2) is 9.97 Å². The molecule has 5 heteroatoms. The van der Waals surface area contributed by atoms with Gasteiger partial charge in [0.25, 0.3) is 0 Å². The van der Waals surface area contributed by atoms with Crippen molar-refractivity contribution >= 4 is 34.8 Å². The van der Waals surface area contributed by atoms with Gasteiger partial charge in [0, 0.05) is 18.1 Å². The Morgan fingerprint density at radius 3 is 2.41 bits per heavy atom.